The average Bonchev–Trinajstić information content (AvgIpc) is 2.66. The molecule has 1 saturated heterocycles. The molecule has 4 heteroatoms. The van der Waals surface area contributed by atoms with Crippen LogP contribution in [-0.4, -0.2) is 49.2 Å². The number of carbonyl (C=O) groups is 1. The summed E-state index contributed by atoms with van der Waals surface area (Å²) in [5.74, 6) is 1.21. The van der Waals surface area contributed by atoms with Crippen LogP contribution in [0.25, 0.3) is 0 Å². The third-order valence-electron chi connectivity index (χ3n) is 4.78. The van der Waals surface area contributed by atoms with Crippen LogP contribution < -0.4 is 5.32 Å². The standard InChI is InChI=1S/C16H30N2O2/c1-4-20-15(19)16(11-13(2)10-14(3)12-16)18-8-5-6-17-7-9-18/h13-14,17H,4-12H2,1-3H3. The van der Waals surface area contributed by atoms with Crippen molar-refractivity contribution in [3.63, 3.8) is 0 Å². The molecule has 116 valence electrons. The van der Waals surface area contributed by atoms with Crippen molar-refractivity contribution in [2.75, 3.05) is 32.8 Å². The number of nitrogens with one attached hydrogen (secondary N) is 1. The van der Waals surface area contributed by atoms with E-state index >= 15 is 0 Å². The van der Waals surface area contributed by atoms with Crippen LogP contribution in [0, 0.1) is 11.8 Å². The summed E-state index contributed by atoms with van der Waals surface area (Å²) < 4.78 is 5.47. The van der Waals surface area contributed by atoms with Gasteiger partial charge in [0.15, 0.2) is 0 Å². The molecule has 2 fully saturated rings. The largest absolute Gasteiger partial charge is 0.465 e. The quantitative estimate of drug-likeness (QED) is 0.804. The molecule has 2 atom stereocenters. The Hall–Kier alpha value is -0.610. The SMILES string of the molecule is CCOC(=O)C1(N2CCCNCC2)CC(C)CC(C)C1. The van der Waals surface area contributed by atoms with Gasteiger partial charge in [0.2, 0.25) is 0 Å². The molecule has 0 amide bonds. The zero-order chi connectivity index (χ0) is 14.6. The summed E-state index contributed by atoms with van der Waals surface area (Å²) in [6.45, 7) is 10.9. The molecule has 2 unspecified atom stereocenters. The second-order valence-corrected chi connectivity index (χ2v) is 6.70. The van der Waals surface area contributed by atoms with E-state index in [0.29, 0.717) is 18.4 Å². The highest BCUT2D eigenvalue weighted by atomic mass is 16.5. The second-order valence-electron chi connectivity index (χ2n) is 6.70. The molecule has 0 radical (unpaired) electrons. The first-order chi connectivity index (χ1) is 9.58. The minimum absolute atomic E-state index is 0.0142. The highest BCUT2D eigenvalue weighted by Gasteiger charge is 2.49. The Morgan fingerprint density at radius 1 is 1.25 bits per heavy atom. The van der Waals surface area contributed by atoms with Crippen molar-refractivity contribution in [2.45, 2.75) is 52.0 Å². The normalized spacial score (nSPS) is 36.4. The zero-order valence-electron chi connectivity index (χ0n) is 13.3. The first-order valence-electron chi connectivity index (χ1n) is 8.21. The maximum Gasteiger partial charge on any atom is 0.326 e. The van der Waals surface area contributed by atoms with E-state index in [0.717, 1.165) is 45.4 Å². The van der Waals surface area contributed by atoms with Gasteiger partial charge in [0.05, 0.1) is 6.61 Å². The average molecular weight is 282 g/mol. The number of ether oxygens (including phenoxy) is 1. The van der Waals surface area contributed by atoms with Gasteiger partial charge in [0.25, 0.3) is 0 Å². The fraction of sp³-hybridized carbons (Fsp3) is 0.938. The summed E-state index contributed by atoms with van der Waals surface area (Å²) in [5.41, 5.74) is -0.376. The molecule has 2 aliphatic rings. The molecular formula is C16H30N2O2. The van der Waals surface area contributed by atoms with Gasteiger partial charge in [-0.3, -0.25) is 9.69 Å². The van der Waals surface area contributed by atoms with Gasteiger partial charge < -0.3 is 10.1 Å². The van der Waals surface area contributed by atoms with Gasteiger partial charge in [-0.25, -0.2) is 0 Å². The smallest absolute Gasteiger partial charge is 0.326 e. The lowest BCUT2D eigenvalue weighted by Crippen LogP contribution is -2.59. The molecule has 1 saturated carbocycles. The third kappa shape index (κ3) is 3.34. The van der Waals surface area contributed by atoms with Crippen molar-refractivity contribution >= 4 is 5.97 Å². The van der Waals surface area contributed by atoms with Crippen LogP contribution in [0.5, 0.6) is 0 Å². The van der Waals surface area contributed by atoms with Gasteiger partial charge in [-0.05, 0) is 51.0 Å². The fourth-order valence-electron chi connectivity index (χ4n) is 4.18. The molecule has 0 bridgehead atoms. The Balaban J connectivity index is 2.24. The van der Waals surface area contributed by atoms with E-state index in [-0.39, 0.29) is 11.5 Å². The lowest BCUT2D eigenvalue weighted by atomic mass is 9.70. The van der Waals surface area contributed by atoms with Gasteiger partial charge in [0, 0.05) is 19.6 Å². The predicted octanol–water partition coefficient (Wildman–Crippen LogP) is 2.04. The second kappa shape index (κ2) is 6.90. The lowest BCUT2D eigenvalue weighted by molar-refractivity contribution is -0.163. The Kier molecular flexibility index (Phi) is 5.44. The van der Waals surface area contributed by atoms with Crippen LogP contribution in [0.3, 0.4) is 0 Å². The van der Waals surface area contributed by atoms with Crippen LogP contribution in [-0.2, 0) is 9.53 Å². The van der Waals surface area contributed by atoms with Gasteiger partial charge in [-0.2, -0.15) is 0 Å². The maximum absolute atomic E-state index is 12.7. The highest BCUT2D eigenvalue weighted by molar-refractivity contribution is 5.81. The van der Waals surface area contributed by atoms with E-state index in [1.165, 1.54) is 6.42 Å². The molecule has 1 heterocycles. The van der Waals surface area contributed by atoms with E-state index in [1.54, 1.807) is 0 Å². The molecule has 0 aromatic heterocycles. The van der Waals surface area contributed by atoms with Crippen LogP contribution in [0.1, 0.15) is 46.5 Å². The number of carbonyl (C=O) groups excluding carboxylic acids is 1. The van der Waals surface area contributed by atoms with Gasteiger partial charge in [-0.1, -0.05) is 13.8 Å². The summed E-state index contributed by atoms with van der Waals surface area (Å²) in [5, 5.41) is 3.43. The lowest BCUT2D eigenvalue weighted by Gasteiger charge is -2.47. The Bertz CT molecular complexity index is 314. The summed E-state index contributed by atoms with van der Waals surface area (Å²) in [6, 6.07) is 0. The minimum Gasteiger partial charge on any atom is -0.465 e. The first kappa shape index (κ1) is 15.8. The number of hydrogen-bond acceptors (Lipinski definition) is 4. The van der Waals surface area contributed by atoms with Crippen LogP contribution in [0.2, 0.25) is 0 Å². The Morgan fingerprint density at radius 3 is 2.60 bits per heavy atom. The number of rotatable bonds is 3. The topological polar surface area (TPSA) is 41.6 Å². The van der Waals surface area contributed by atoms with E-state index < -0.39 is 0 Å². The van der Waals surface area contributed by atoms with Crippen LogP contribution in [0.15, 0.2) is 0 Å². The number of esters is 1. The summed E-state index contributed by atoms with van der Waals surface area (Å²) >= 11 is 0. The molecule has 4 nitrogen and oxygen atoms in total. The molecule has 1 aliphatic heterocycles. The number of nitrogens with zero attached hydrogens (tertiary/aromatic N) is 1. The summed E-state index contributed by atoms with van der Waals surface area (Å²) in [4.78, 5) is 15.2. The van der Waals surface area contributed by atoms with Gasteiger partial charge in [0.1, 0.15) is 5.54 Å². The Morgan fingerprint density at radius 2 is 1.95 bits per heavy atom. The molecule has 1 N–H and O–H groups in total. The van der Waals surface area contributed by atoms with Crippen molar-refractivity contribution in [1.82, 2.24) is 10.2 Å². The molecule has 1 aliphatic carbocycles. The van der Waals surface area contributed by atoms with Gasteiger partial charge in [-0.15, -0.1) is 0 Å². The highest BCUT2D eigenvalue weighted by Crippen LogP contribution is 2.41. The Labute approximate surface area is 123 Å². The summed E-state index contributed by atoms with van der Waals surface area (Å²) in [7, 11) is 0. The van der Waals surface area contributed by atoms with Crippen molar-refractivity contribution in [2.24, 2.45) is 11.8 Å². The van der Waals surface area contributed by atoms with Crippen molar-refractivity contribution in [3.05, 3.63) is 0 Å². The van der Waals surface area contributed by atoms with Crippen molar-refractivity contribution in [1.29, 1.82) is 0 Å². The van der Waals surface area contributed by atoms with Crippen molar-refractivity contribution < 1.29 is 9.53 Å². The van der Waals surface area contributed by atoms with E-state index in [9.17, 15) is 4.79 Å². The van der Waals surface area contributed by atoms with Gasteiger partial charge >= 0.3 is 5.97 Å². The van der Waals surface area contributed by atoms with Crippen molar-refractivity contribution in [3.8, 4) is 0 Å². The predicted molar refractivity (Wildman–Crippen MR) is 80.6 cm³/mol. The van der Waals surface area contributed by atoms with E-state index in [1.807, 2.05) is 6.92 Å². The molecule has 0 aromatic rings. The zero-order valence-corrected chi connectivity index (χ0v) is 13.3. The molecular weight excluding hydrogens is 252 g/mol. The third-order valence-corrected chi connectivity index (χ3v) is 4.78. The molecule has 20 heavy (non-hydrogen) atoms. The van der Waals surface area contributed by atoms with Crippen LogP contribution >= 0.6 is 0 Å². The van der Waals surface area contributed by atoms with Crippen LogP contribution in [0.4, 0.5) is 0 Å². The summed E-state index contributed by atoms with van der Waals surface area (Å²) in [6.07, 6.45) is 4.25. The molecule has 0 spiro atoms. The minimum atomic E-state index is -0.376. The maximum atomic E-state index is 12.7. The monoisotopic (exact) mass is 282 g/mol. The fourth-order valence-corrected chi connectivity index (χ4v) is 4.18. The number of hydrogen-bond donors (Lipinski definition) is 1. The first-order valence-corrected chi connectivity index (χ1v) is 8.21. The molecule has 2 rings (SSSR count). The van der Waals surface area contributed by atoms with E-state index in [4.69, 9.17) is 4.74 Å². The van der Waals surface area contributed by atoms with E-state index in [2.05, 4.69) is 24.1 Å². The molecule has 0 aromatic carbocycles.